The third-order valence-corrected chi connectivity index (χ3v) is 7.97. The van der Waals surface area contributed by atoms with E-state index in [0.717, 1.165) is 29.2 Å². The van der Waals surface area contributed by atoms with Crippen LogP contribution < -0.4 is 5.32 Å². The smallest absolute Gasteiger partial charge is 0.251 e. The fourth-order valence-corrected chi connectivity index (χ4v) is 6.77. The van der Waals surface area contributed by atoms with E-state index in [1.165, 1.54) is 62.5 Å². The summed E-state index contributed by atoms with van der Waals surface area (Å²) in [5.74, 6) is 4.11. The van der Waals surface area contributed by atoms with Gasteiger partial charge in [0.2, 0.25) is 0 Å². The van der Waals surface area contributed by atoms with E-state index in [2.05, 4.69) is 35.7 Å². The second-order valence-electron chi connectivity index (χ2n) is 9.02. The predicted octanol–water partition coefficient (Wildman–Crippen LogP) is 4.69. The number of likely N-dealkylation sites (N-methyl/N-ethyl adjacent to an activating group) is 1. The summed E-state index contributed by atoms with van der Waals surface area (Å²) >= 11 is 0. The van der Waals surface area contributed by atoms with Crippen molar-refractivity contribution in [1.82, 2.24) is 5.32 Å². The van der Waals surface area contributed by atoms with Crippen LogP contribution in [0.2, 0.25) is 0 Å². The molecule has 3 saturated carbocycles. The van der Waals surface area contributed by atoms with Gasteiger partial charge >= 0.3 is 0 Å². The van der Waals surface area contributed by atoms with E-state index in [1.807, 2.05) is 0 Å². The first kappa shape index (κ1) is 15.7. The predicted molar refractivity (Wildman–Crippen MR) is 101 cm³/mol. The van der Waals surface area contributed by atoms with Crippen molar-refractivity contribution in [1.29, 1.82) is 0 Å². The van der Waals surface area contributed by atoms with Crippen molar-refractivity contribution < 1.29 is 4.79 Å². The number of fused-ring (bicyclic) bond motifs is 4. The summed E-state index contributed by atoms with van der Waals surface area (Å²) in [7, 11) is 1.74. The second kappa shape index (κ2) is 5.72. The zero-order valence-electron chi connectivity index (χ0n) is 15.3. The molecule has 1 aromatic rings. The van der Waals surface area contributed by atoms with E-state index in [1.54, 1.807) is 7.05 Å². The van der Waals surface area contributed by atoms with Crippen LogP contribution in [0.5, 0.6) is 0 Å². The van der Waals surface area contributed by atoms with Crippen LogP contribution in [0, 0.1) is 23.7 Å². The maximum Gasteiger partial charge on any atom is 0.251 e. The summed E-state index contributed by atoms with van der Waals surface area (Å²) in [5, 5.41) is 2.83. The molecule has 1 N–H and O–H groups in total. The highest BCUT2D eigenvalue weighted by molar-refractivity contribution is 6.21. The Kier molecular flexibility index (Phi) is 3.59. The third-order valence-electron chi connectivity index (χ3n) is 7.97. The molecule has 0 aliphatic heterocycles. The van der Waals surface area contributed by atoms with Gasteiger partial charge in [-0.2, -0.15) is 0 Å². The number of nitrogens with one attached hydrogen (secondary N) is 1. The molecule has 2 heteroatoms. The van der Waals surface area contributed by atoms with Crippen molar-refractivity contribution >= 4 is 11.5 Å². The topological polar surface area (TPSA) is 29.1 Å². The fraction of sp³-hybridized carbons (Fsp3) is 0.609. The molecule has 2 nitrogen and oxygen atoms in total. The summed E-state index contributed by atoms with van der Waals surface area (Å²) in [4.78, 5) is 12.4. The van der Waals surface area contributed by atoms with Crippen molar-refractivity contribution in [3.8, 4) is 0 Å². The van der Waals surface area contributed by atoms with Gasteiger partial charge in [-0.1, -0.05) is 36.8 Å². The van der Waals surface area contributed by atoms with Crippen molar-refractivity contribution in [2.75, 3.05) is 7.05 Å². The van der Waals surface area contributed by atoms with Gasteiger partial charge in [0.25, 0.3) is 5.91 Å². The van der Waals surface area contributed by atoms with Crippen molar-refractivity contribution in [2.24, 2.45) is 23.7 Å². The molecule has 3 unspecified atom stereocenters. The van der Waals surface area contributed by atoms with Gasteiger partial charge in [0.15, 0.2) is 0 Å². The lowest BCUT2D eigenvalue weighted by molar-refractivity contribution is -0.115. The zero-order chi connectivity index (χ0) is 17.0. The summed E-state index contributed by atoms with van der Waals surface area (Å²) in [6.07, 6.45) is 13.5. The summed E-state index contributed by atoms with van der Waals surface area (Å²) in [6.45, 7) is 0. The minimum atomic E-state index is 0.0690. The molecule has 0 heterocycles. The van der Waals surface area contributed by atoms with Crippen LogP contribution in [-0.4, -0.2) is 13.0 Å². The van der Waals surface area contributed by atoms with Crippen molar-refractivity contribution in [3.05, 3.63) is 41.5 Å². The number of carbonyl (C=O) groups is 1. The Labute approximate surface area is 151 Å². The largest absolute Gasteiger partial charge is 0.355 e. The van der Waals surface area contributed by atoms with Crippen LogP contribution >= 0.6 is 0 Å². The molecule has 1 spiro atoms. The van der Waals surface area contributed by atoms with Gasteiger partial charge < -0.3 is 5.32 Å². The standard InChI is InChI=1S/C23H29NO/c1-24-22(25)20-14-23(21-5-3-2-4-18(20)21)10-8-16(9-11-23)19-13-15-6-7-17(19)12-15/h2-5,14-17,19H,6-13H2,1H3,(H,24,25). The molecule has 3 atom stereocenters. The molecule has 25 heavy (non-hydrogen) atoms. The van der Waals surface area contributed by atoms with Gasteiger partial charge in [-0.25, -0.2) is 0 Å². The Morgan fingerprint density at radius 2 is 1.84 bits per heavy atom. The number of carbonyl (C=O) groups excluding carboxylic acids is 1. The maximum absolute atomic E-state index is 12.4. The number of benzene rings is 1. The molecule has 0 saturated heterocycles. The molecule has 132 valence electrons. The second-order valence-corrected chi connectivity index (χ2v) is 9.02. The highest BCUT2D eigenvalue weighted by atomic mass is 16.1. The quantitative estimate of drug-likeness (QED) is 0.834. The SMILES string of the molecule is CNC(=O)C1=CC2(CCC(C3CC4CCC3C4)CC2)c2ccccc21. The molecular formula is C23H29NO. The normalized spacial score (nSPS) is 38.7. The van der Waals surface area contributed by atoms with Crippen LogP contribution in [0.15, 0.2) is 30.3 Å². The van der Waals surface area contributed by atoms with E-state index in [4.69, 9.17) is 0 Å². The summed E-state index contributed by atoms with van der Waals surface area (Å²) in [5.41, 5.74) is 3.59. The number of hydrogen-bond acceptors (Lipinski definition) is 1. The van der Waals surface area contributed by atoms with Crippen LogP contribution in [0.25, 0.3) is 5.57 Å². The monoisotopic (exact) mass is 335 g/mol. The Morgan fingerprint density at radius 3 is 2.52 bits per heavy atom. The van der Waals surface area contributed by atoms with Crippen LogP contribution in [-0.2, 0) is 10.2 Å². The molecule has 5 rings (SSSR count). The molecule has 0 radical (unpaired) electrons. The van der Waals surface area contributed by atoms with Crippen LogP contribution in [0.1, 0.15) is 62.5 Å². The fourth-order valence-electron chi connectivity index (χ4n) is 6.77. The first-order valence-corrected chi connectivity index (χ1v) is 10.2. The highest BCUT2D eigenvalue weighted by Crippen LogP contribution is 2.57. The summed E-state index contributed by atoms with van der Waals surface area (Å²) < 4.78 is 0. The average Bonchev–Trinajstić information content (AvgIpc) is 3.36. The van der Waals surface area contributed by atoms with Gasteiger partial charge in [0, 0.05) is 18.0 Å². The Bertz CT molecular complexity index is 725. The molecular weight excluding hydrogens is 306 g/mol. The average molecular weight is 335 g/mol. The van der Waals surface area contributed by atoms with E-state index >= 15 is 0 Å². The summed E-state index contributed by atoms with van der Waals surface area (Å²) in [6, 6.07) is 8.60. The van der Waals surface area contributed by atoms with Gasteiger partial charge in [-0.3, -0.25) is 4.79 Å². The molecule has 0 aromatic heterocycles. The molecule has 3 fully saturated rings. The molecule has 1 aromatic carbocycles. The minimum Gasteiger partial charge on any atom is -0.355 e. The van der Waals surface area contributed by atoms with E-state index in [-0.39, 0.29) is 11.3 Å². The van der Waals surface area contributed by atoms with Gasteiger partial charge in [0.1, 0.15) is 0 Å². The Morgan fingerprint density at radius 1 is 1.04 bits per heavy atom. The lowest BCUT2D eigenvalue weighted by Gasteiger charge is -2.41. The molecule has 2 bridgehead atoms. The van der Waals surface area contributed by atoms with Crippen molar-refractivity contribution in [3.63, 3.8) is 0 Å². The molecule has 4 aliphatic rings. The van der Waals surface area contributed by atoms with Crippen LogP contribution in [0.4, 0.5) is 0 Å². The van der Waals surface area contributed by atoms with Gasteiger partial charge in [-0.05, 0) is 79.7 Å². The van der Waals surface area contributed by atoms with Gasteiger partial charge in [-0.15, -0.1) is 0 Å². The Balaban J connectivity index is 1.40. The zero-order valence-corrected chi connectivity index (χ0v) is 15.3. The maximum atomic E-state index is 12.4. The lowest BCUT2D eigenvalue weighted by Crippen LogP contribution is -2.33. The number of amides is 1. The number of rotatable bonds is 2. The minimum absolute atomic E-state index is 0.0690. The van der Waals surface area contributed by atoms with E-state index < -0.39 is 0 Å². The van der Waals surface area contributed by atoms with E-state index in [9.17, 15) is 4.79 Å². The van der Waals surface area contributed by atoms with Crippen LogP contribution in [0.3, 0.4) is 0 Å². The molecule has 4 aliphatic carbocycles. The Hall–Kier alpha value is -1.57. The first-order valence-electron chi connectivity index (χ1n) is 10.2. The lowest BCUT2D eigenvalue weighted by atomic mass is 9.63. The highest BCUT2D eigenvalue weighted by Gasteiger charge is 2.47. The third kappa shape index (κ3) is 2.33. The van der Waals surface area contributed by atoms with E-state index in [0.29, 0.717) is 0 Å². The first-order chi connectivity index (χ1) is 12.2. The van der Waals surface area contributed by atoms with Crippen molar-refractivity contribution in [2.45, 2.75) is 56.8 Å². The van der Waals surface area contributed by atoms with Gasteiger partial charge in [0.05, 0.1) is 0 Å². The number of hydrogen-bond donors (Lipinski definition) is 1. The number of allylic oxidation sites excluding steroid dienone is 1. The molecule has 1 amide bonds.